The third kappa shape index (κ3) is 5.04. The number of rotatable bonds is 8. The number of esters is 1. The molecule has 8 nitrogen and oxygen atoms in total. The van der Waals surface area contributed by atoms with E-state index in [0.717, 1.165) is 18.7 Å². The van der Waals surface area contributed by atoms with Gasteiger partial charge < -0.3 is 19.1 Å². The summed E-state index contributed by atoms with van der Waals surface area (Å²) < 4.78 is 18.3. The van der Waals surface area contributed by atoms with Gasteiger partial charge in [-0.3, -0.25) is 9.36 Å². The summed E-state index contributed by atoms with van der Waals surface area (Å²) in [4.78, 5) is 34.7. The number of nitrogens with zero attached hydrogens (tertiary/aromatic N) is 3. The van der Waals surface area contributed by atoms with Gasteiger partial charge in [-0.25, -0.2) is 9.79 Å². The minimum Gasteiger partial charge on any atom is -0.496 e. The van der Waals surface area contributed by atoms with Crippen molar-refractivity contribution in [3.63, 3.8) is 0 Å². The number of methoxy groups -OCH3 is 2. The number of fused-ring (bicyclic) bond motifs is 1. The van der Waals surface area contributed by atoms with Gasteiger partial charge in [-0.15, -0.1) is 0 Å². The fourth-order valence-corrected chi connectivity index (χ4v) is 6.02. The number of aromatic nitrogens is 1. The molecule has 0 N–H and O–H groups in total. The van der Waals surface area contributed by atoms with Crippen molar-refractivity contribution in [1.82, 2.24) is 4.57 Å². The zero-order valence-electron chi connectivity index (χ0n) is 21.8. The van der Waals surface area contributed by atoms with Crippen molar-refractivity contribution in [3.8, 4) is 5.75 Å². The van der Waals surface area contributed by atoms with Crippen molar-refractivity contribution in [3.05, 3.63) is 90.6 Å². The topological polar surface area (TPSA) is 82.4 Å². The summed E-state index contributed by atoms with van der Waals surface area (Å²) in [5.41, 5.74) is 3.41. The van der Waals surface area contributed by atoms with E-state index in [2.05, 4.69) is 22.0 Å². The lowest BCUT2D eigenvalue weighted by Crippen LogP contribution is -2.40. The third-order valence-electron chi connectivity index (χ3n) is 6.86. The van der Waals surface area contributed by atoms with E-state index in [0.29, 0.717) is 31.9 Å². The van der Waals surface area contributed by atoms with Crippen LogP contribution < -0.4 is 24.5 Å². The van der Waals surface area contributed by atoms with Crippen LogP contribution in [-0.4, -0.2) is 51.1 Å². The summed E-state index contributed by atoms with van der Waals surface area (Å²) in [5, 5.41) is 0. The van der Waals surface area contributed by atoms with Crippen LogP contribution in [0.15, 0.2) is 69.6 Å². The van der Waals surface area contributed by atoms with Crippen LogP contribution in [0.5, 0.6) is 5.75 Å². The molecule has 2 aliphatic heterocycles. The van der Waals surface area contributed by atoms with E-state index in [1.165, 1.54) is 29.9 Å². The largest absolute Gasteiger partial charge is 0.496 e. The Kier molecular flexibility index (Phi) is 7.76. The molecule has 9 heteroatoms. The van der Waals surface area contributed by atoms with Crippen LogP contribution in [-0.2, 0) is 14.3 Å². The summed E-state index contributed by atoms with van der Waals surface area (Å²) in [7, 11) is 3.11. The van der Waals surface area contributed by atoms with Crippen LogP contribution in [0.2, 0.25) is 0 Å². The number of hydrogen-bond donors (Lipinski definition) is 0. The number of para-hydroxylation sites is 1. The van der Waals surface area contributed by atoms with E-state index < -0.39 is 12.0 Å². The first-order valence-corrected chi connectivity index (χ1v) is 13.5. The molecular weight excluding hydrogens is 502 g/mol. The molecule has 1 unspecified atom stereocenters. The monoisotopic (exact) mass is 533 g/mol. The molecule has 5 rings (SSSR count). The Labute approximate surface area is 225 Å². The molecule has 0 aliphatic carbocycles. The van der Waals surface area contributed by atoms with Gasteiger partial charge in [-0.1, -0.05) is 41.7 Å². The maximum absolute atomic E-state index is 13.9. The smallest absolute Gasteiger partial charge is 0.338 e. The fourth-order valence-electron chi connectivity index (χ4n) is 4.97. The molecule has 1 saturated heterocycles. The van der Waals surface area contributed by atoms with Crippen molar-refractivity contribution in [1.29, 1.82) is 0 Å². The first-order chi connectivity index (χ1) is 18.5. The van der Waals surface area contributed by atoms with Crippen molar-refractivity contribution in [2.75, 3.05) is 45.4 Å². The number of carbonyl (C=O) groups excluding carboxylic acids is 1. The Morgan fingerprint density at radius 1 is 1.08 bits per heavy atom. The number of thiazole rings is 1. The van der Waals surface area contributed by atoms with E-state index in [1.807, 2.05) is 42.5 Å². The Balaban J connectivity index is 1.60. The molecule has 2 aliphatic rings. The molecular formula is C29H31N3O5S. The lowest BCUT2D eigenvalue weighted by atomic mass is 9.95. The van der Waals surface area contributed by atoms with Gasteiger partial charge in [0.1, 0.15) is 18.4 Å². The Morgan fingerprint density at radius 3 is 2.53 bits per heavy atom. The van der Waals surface area contributed by atoms with E-state index in [9.17, 15) is 9.59 Å². The SMILES string of the molecule is COCCOC(=O)C1=C(C)N=c2sc(=Cc3ccc(N4CCCC4)cc3)c(=O)n2C1c1ccccc1OC. The third-order valence-corrected chi connectivity index (χ3v) is 7.84. The van der Waals surface area contributed by atoms with Crippen LogP contribution in [0.25, 0.3) is 6.08 Å². The molecule has 0 bridgehead atoms. The number of ether oxygens (including phenoxy) is 3. The molecule has 0 radical (unpaired) electrons. The minimum atomic E-state index is -0.739. The lowest BCUT2D eigenvalue weighted by molar-refractivity contribution is -0.140. The highest BCUT2D eigenvalue weighted by Gasteiger charge is 2.35. The maximum Gasteiger partial charge on any atom is 0.338 e. The number of allylic oxidation sites excluding steroid dienone is 1. The summed E-state index contributed by atoms with van der Waals surface area (Å²) in [6.45, 7) is 4.30. The van der Waals surface area contributed by atoms with E-state index >= 15 is 0 Å². The Morgan fingerprint density at radius 2 is 1.82 bits per heavy atom. The molecule has 1 fully saturated rings. The molecule has 3 heterocycles. The second-order valence-corrected chi connectivity index (χ2v) is 10.2. The first kappa shape index (κ1) is 25.9. The summed E-state index contributed by atoms with van der Waals surface area (Å²) in [6.07, 6.45) is 4.32. The van der Waals surface area contributed by atoms with Crippen LogP contribution in [0.1, 0.15) is 36.9 Å². The highest BCUT2D eigenvalue weighted by atomic mass is 32.1. The molecule has 198 valence electrons. The highest BCUT2D eigenvalue weighted by molar-refractivity contribution is 7.07. The van der Waals surface area contributed by atoms with Crippen molar-refractivity contribution >= 4 is 29.1 Å². The van der Waals surface area contributed by atoms with Crippen molar-refractivity contribution in [2.24, 2.45) is 4.99 Å². The molecule has 0 spiro atoms. The zero-order chi connectivity index (χ0) is 26.6. The van der Waals surface area contributed by atoms with Gasteiger partial charge in [0.15, 0.2) is 4.80 Å². The van der Waals surface area contributed by atoms with Crippen LogP contribution in [0.3, 0.4) is 0 Å². The molecule has 38 heavy (non-hydrogen) atoms. The van der Waals surface area contributed by atoms with E-state index in [1.54, 1.807) is 25.7 Å². The fraction of sp³-hybridized carbons (Fsp3) is 0.345. The van der Waals surface area contributed by atoms with E-state index in [4.69, 9.17) is 14.2 Å². The average molecular weight is 534 g/mol. The average Bonchev–Trinajstić information content (AvgIpc) is 3.57. The van der Waals surface area contributed by atoms with Gasteiger partial charge in [0.2, 0.25) is 0 Å². The normalized spacial score (nSPS) is 17.4. The number of anilines is 1. The Bertz CT molecular complexity index is 1530. The predicted molar refractivity (Wildman–Crippen MR) is 147 cm³/mol. The molecule has 0 saturated carbocycles. The molecule has 0 amide bonds. The molecule has 1 aromatic heterocycles. The molecule has 2 aromatic carbocycles. The minimum absolute atomic E-state index is 0.0998. The highest BCUT2D eigenvalue weighted by Crippen LogP contribution is 2.35. The van der Waals surface area contributed by atoms with Crippen molar-refractivity contribution < 1.29 is 19.0 Å². The summed E-state index contributed by atoms with van der Waals surface area (Å²) in [6, 6.07) is 14.9. The van der Waals surface area contributed by atoms with Gasteiger partial charge in [0.05, 0.1) is 29.5 Å². The standard InChI is InChI=1S/C29H31N3O5S/c1-19-25(28(34)37-17-16-35-2)26(22-8-4-5-9-23(22)36-3)32-27(33)24(38-29(32)30-19)18-20-10-12-21(13-11-20)31-14-6-7-15-31/h4-5,8-13,18,26H,6-7,14-17H2,1-3H3. The van der Waals surface area contributed by atoms with Crippen LogP contribution >= 0.6 is 11.3 Å². The van der Waals surface area contributed by atoms with Gasteiger partial charge in [-0.05, 0) is 49.6 Å². The van der Waals surface area contributed by atoms with Gasteiger partial charge in [0.25, 0.3) is 5.56 Å². The quantitative estimate of drug-likeness (QED) is 0.327. The molecule has 1 atom stereocenters. The second kappa shape index (κ2) is 11.4. The number of benzene rings is 2. The van der Waals surface area contributed by atoms with Gasteiger partial charge in [0, 0.05) is 31.5 Å². The lowest BCUT2D eigenvalue weighted by Gasteiger charge is -2.26. The second-order valence-electron chi connectivity index (χ2n) is 9.24. The Hall–Kier alpha value is -3.69. The number of carbonyl (C=O) groups is 1. The van der Waals surface area contributed by atoms with E-state index in [-0.39, 0.29) is 18.8 Å². The first-order valence-electron chi connectivity index (χ1n) is 12.7. The summed E-state index contributed by atoms with van der Waals surface area (Å²) >= 11 is 1.31. The van der Waals surface area contributed by atoms with Crippen LogP contribution in [0, 0.1) is 0 Å². The van der Waals surface area contributed by atoms with Crippen LogP contribution in [0.4, 0.5) is 5.69 Å². The maximum atomic E-state index is 13.9. The summed E-state index contributed by atoms with van der Waals surface area (Å²) in [5.74, 6) is 0.0347. The molecule has 3 aromatic rings. The van der Waals surface area contributed by atoms with Gasteiger partial charge in [-0.2, -0.15) is 0 Å². The van der Waals surface area contributed by atoms with Gasteiger partial charge >= 0.3 is 5.97 Å². The predicted octanol–water partition coefficient (Wildman–Crippen LogP) is 3.03. The van der Waals surface area contributed by atoms with Crippen molar-refractivity contribution in [2.45, 2.75) is 25.8 Å². The number of hydrogen-bond acceptors (Lipinski definition) is 8. The zero-order valence-corrected chi connectivity index (χ0v) is 22.6.